The Morgan fingerprint density at radius 3 is 2.32 bits per heavy atom. The third kappa shape index (κ3) is 4.84. The lowest BCUT2D eigenvalue weighted by Crippen LogP contribution is -3.14. The Morgan fingerprint density at radius 1 is 1.09 bits per heavy atom. The smallest absolute Gasteiger partial charge is 0.337 e. The molecule has 1 atom stereocenters. The molecule has 34 heavy (non-hydrogen) atoms. The monoisotopic (exact) mass is 484 g/mol. The highest BCUT2D eigenvalue weighted by atomic mass is 35.5. The zero-order valence-electron chi connectivity index (χ0n) is 18.7. The number of carbonyl (C=O) groups excluding carboxylic acids is 3. The number of nitrogens with zero attached hydrogens (tertiary/aromatic N) is 1. The molecule has 1 unspecified atom stereocenters. The fourth-order valence-corrected chi connectivity index (χ4v) is 4.44. The molecule has 0 bridgehead atoms. The molecule has 2 heterocycles. The van der Waals surface area contributed by atoms with E-state index in [0.29, 0.717) is 42.5 Å². The van der Waals surface area contributed by atoms with Gasteiger partial charge in [-0.05, 0) is 35.4 Å². The van der Waals surface area contributed by atoms with Crippen molar-refractivity contribution in [3.8, 4) is 0 Å². The summed E-state index contributed by atoms with van der Waals surface area (Å²) in [7, 11) is 1.29. The van der Waals surface area contributed by atoms with Crippen LogP contribution in [-0.4, -0.2) is 69.1 Å². The molecule has 2 aromatic rings. The van der Waals surface area contributed by atoms with Gasteiger partial charge in [0, 0.05) is 10.6 Å². The van der Waals surface area contributed by atoms with Gasteiger partial charge < -0.3 is 24.4 Å². The summed E-state index contributed by atoms with van der Waals surface area (Å²) in [6.45, 7) is 3.85. The number of nitrogens with one attached hydrogen (secondary N) is 1. The van der Waals surface area contributed by atoms with Crippen LogP contribution in [0.15, 0.2) is 54.1 Å². The predicted molar refractivity (Wildman–Crippen MR) is 122 cm³/mol. The zero-order valence-corrected chi connectivity index (χ0v) is 19.5. The van der Waals surface area contributed by atoms with Crippen LogP contribution in [0.3, 0.4) is 0 Å². The van der Waals surface area contributed by atoms with E-state index in [1.807, 2.05) is 0 Å². The largest absolute Gasteiger partial charge is 0.872 e. The van der Waals surface area contributed by atoms with Crippen LogP contribution in [0.25, 0.3) is 5.76 Å². The number of ether oxygens (including phenoxy) is 2. The van der Waals surface area contributed by atoms with Crippen LogP contribution in [0, 0.1) is 0 Å². The first kappa shape index (κ1) is 23.9. The van der Waals surface area contributed by atoms with Crippen LogP contribution < -0.4 is 10.0 Å². The van der Waals surface area contributed by atoms with E-state index in [0.717, 1.165) is 13.1 Å². The van der Waals surface area contributed by atoms with Crippen LogP contribution in [-0.2, 0) is 19.1 Å². The second kappa shape index (κ2) is 10.4. The van der Waals surface area contributed by atoms with Crippen molar-refractivity contribution in [1.29, 1.82) is 0 Å². The molecule has 2 saturated heterocycles. The van der Waals surface area contributed by atoms with Gasteiger partial charge in [0.25, 0.3) is 5.91 Å². The maximum Gasteiger partial charge on any atom is 0.337 e. The molecule has 0 aliphatic carbocycles. The molecule has 4 rings (SSSR count). The number of quaternary nitrogens is 1. The first-order chi connectivity index (χ1) is 16.4. The lowest BCUT2D eigenvalue weighted by molar-refractivity contribution is -0.907. The Morgan fingerprint density at radius 2 is 1.71 bits per heavy atom. The van der Waals surface area contributed by atoms with E-state index in [4.69, 9.17) is 21.1 Å². The number of esters is 1. The molecule has 2 aliphatic rings. The van der Waals surface area contributed by atoms with E-state index in [1.165, 1.54) is 29.0 Å². The van der Waals surface area contributed by atoms with Gasteiger partial charge in [-0.3, -0.25) is 9.59 Å². The van der Waals surface area contributed by atoms with Crippen LogP contribution in [0.5, 0.6) is 0 Å². The van der Waals surface area contributed by atoms with E-state index >= 15 is 0 Å². The topological polar surface area (TPSA) is 100 Å². The molecule has 2 fully saturated rings. The van der Waals surface area contributed by atoms with Crippen molar-refractivity contribution in [3.63, 3.8) is 0 Å². The molecule has 1 amide bonds. The normalized spacial score (nSPS) is 20.5. The summed E-state index contributed by atoms with van der Waals surface area (Å²) in [6.07, 6.45) is 0. The van der Waals surface area contributed by atoms with Gasteiger partial charge in [-0.1, -0.05) is 41.6 Å². The number of halogens is 1. The summed E-state index contributed by atoms with van der Waals surface area (Å²) in [5.41, 5.74) is 1.07. The molecule has 1 N–H and O–H groups in total. The summed E-state index contributed by atoms with van der Waals surface area (Å²) in [6, 6.07) is 11.8. The van der Waals surface area contributed by atoms with E-state index in [9.17, 15) is 19.5 Å². The highest BCUT2D eigenvalue weighted by molar-refractivity contribution is 6.46. The SMILES string of the molecule is COC(=O)c1ccc(C2C(=C([O-])c3ccc(Cl)cc3)C(=O)C(=O)N2CC[NH+]2CCOCC2)cc1. The number of carbonyl (C=O) groups is 3. The molecule has 178 valence electrons. The minimum absolute atomic E-state index is 0.102. The van der Waals surface area contributed by atoms with Crippen molar-refractivity contribution in [2.24, 2.45) is 0 Å². The minimum Gasteiger partial charge on any atom is -0.872 e. The molecular formula is C25H25ClN2O6. The maximum atomic E-state index is 13.4. The van der Waals surface area contributed by atoms with Crippen molar-refractivity contribution in [2.75, 3.05) is 46.5 Å². The maximum absolute atomic E-state index is 13.4. The number of amides is 1. The first-order valence-corrected chi connectivity index (χ1v) is 11.4. The number of hydrogen-bond acceptors (Lipinski definition) is 6. The molecule has 2 aromatic carbocycles. The number of ketones is 1. The number of likely N-dealkylation sites (tertiary alicyclic amines) is 1. The lowest BCUT2D eigenvalue weighted by Gasteiger charge is -2.30. The van der Waals surface area contributed by atoms with Crippen molar-refractivity contribution in [2.45, 2.75) is 6.04 Å². The molecule has 0 radical (unpaired) electrons. The quantitative estimate of drug-likeness (QED) is 0.273. The highest BCUT2D eigenvalue weighted by Crippen LogP contribution is 2.38. The average Bonchev–Trinajstić information content (AvgIpc) is 3.12. The Balaban J connectivity index is 1.73. The number of benzene rings is 2. The second-order valence-corrected chi connectivity index (χ2v) is 8.64. The van der Waals surface area contributed by atoms with E-state index < -0.39 is 29.5 Å². The Kier molecular flexibility index (Phi) is 7.31. The first-order valence-electron chi connectivity index (χ1n) is 11.0. The molecule has 2 aliphatic heterocycles. The lowest BCUT2D eigenvalue weighted by atomic mass is 9.94. The van der Waals surface area contributed by atoms with Crippen LogP contribution in [0.4, 0.5) is 0 Å². The fraction of sp³-hybridized carbons (Fsp3) is 0.320. The van der Waals surface area contributed by atoms with Gasteiger partial charge in [-0.2, -0.15) is 0 Å². The van der Waals surface area contributed by atoms with Gasteiger partial charge >= 0.3 is 5.97 Å². The third-order valence-corrected chi connectivity index (χ3v) is 6.44. The predicted octanol–water partition coefficient (Wildman–Crippen LogP) is 0.266. The summed E-state index contributed by atoms with van der Waals surface area (Å²) in [4.78, 5) is 40.7. The van der Waals surface area contributed by atoms with Gasteiger partial charge in [0.05, 0.1) is 45.0 Å². The van der Waals surface area contributed by atoms with E-state index in [-0.39, 0.29) is 11.1 Å². The molecular weight excluding hydrogens is 460 g/mol. The number of morpholine rings is 1. The molecule has 0 spiro atoms. The number of methoxy groups -OCH3 is 1. The summed E-state index contributed by atoms with van der Waals surface area (Å²) < 4.78 is 10.1. The van der Waals surface area contributed by atoms with Crippen LogP contribution in [0.1, 0.15) is 27.5 Å². The van der Waals surface area contributed by atoms with Crippen LogP contribution in [0.2, 0.25) is 5.02 Å². The van der Waals surface area contributed by atoms with Crippen molar-refractivity contribution < 1.29 is 33.9 Å². The fourth-order valence-electron chi connectivity index (χ4n) is 4.31. The van der Waals surface area contributed by atoms with Crippen LogP contribution >= 0.6 is 11.6 Å². The molecule has 9 heteroatoms. The number of rotatable bonds is 6. The molecule has 8 nitrogen and oxygen atoms in total. The number of Topliss-reactive ketones (excluding diaryl/α,β-unsaturated/α-hetero) is 1. The Hall–Kier alpha value is -3.20. The van der Waals surface area contributed by atoms with Gasteiger partial charge in [0.15, 0.2) is 0 Å². The van der Waals surface area contributed by atoms with Crippen molar-refractivity contribution >= 4 is 35.0 Å². The van der Waals surface area contributed by atoms with Gasteiger partial charge in [0.1, 0.15) is 13.1 Å². The minimum atomic E-state index is -0.852. The third-order valence-electron chi connectivity index (χ3n) is 6.19. The van der Waals surface area contributed by atoms with Crippen molar-refractivity contribution in [1.82, 2.24) is 4.90 Å². The molecule has 0 aromatic heterocycles. The number of hydrogen-bond donors (Lipinski definition) is 1. The highest BCUT2D eigenvalue weighted by Gasteiger charge is 2.44. The summed E-state index contributed by atoms with van der Waals surface area (Å²) in [5, 5.41) is 13.9. The van der Waals surface area contributed by atoms with Crippen molar-refractivity contribution in [3.05, 3.63) is 75.8 Å². The second-order valence-electron chi connectivity index (χ2n) is 8.21. The Bertz CT molecular complexity index is 1110. The summed E-state index contributed by atoms with van der Waals surface area (Å²) in [5.74, 6) is -2.52. The molecule has 0 saturated carbocycles. The van der Waals surface area contributed by atoms with E-state index in [2.05, 4.69) is 0 Å². The summed E-state index contributed by atoms with van der Waals surface area (Å²) >= 11 is 5.95. The Labute approximate surface area is 202 Å². The standard InChI is InChI=1S/C25H25ClN2O6/c1-33-25(32)18-4-2-16(3-5-18)21-20(22(29)17-6-8-19(26)9-7-17)23(30)24(31)28(21)11-10-27-12-14-34-15-13-27/h2-9,21,29H,10-15H2,1H3. The average molecular weight is 485 g/mol. The van der Waals surface area contributed by atoms with E-state index in [1.54, 1.807) is 36.4 Å². The van der Waals surface area contributed by atoms with Gasteiger partial charge in [-0.15, -0.1) is 0 Å². The van der Waals surface area contributed by atoms with Gasteiger partial charge in [-0.25, -0.2) is 4.79 Å². The van der Waals surface area contributed by atoms with Gasteiger partial charge in [0.2, 0.25) is 5.78 Å². The zero-order chi connectivity index (χ0) is 24.2.